The van der Waals surface area contributed by atoms with Crippen molar-refractivity contribution < 1.29 is 19.1 Å². The second kappa shape index (κ2) is 9.96. The number of amides is 1. The molecule has 0 bridgehead atoms. The van der Waals surface area contributed by atoms with E-state index in [0.29, 0.717) is 34.9 Å². The highest BCUT2D eigenvalue weighted by Gasteiger charge is 2.40. The monoisotopic (exact) mass is 496 g/mol. The standard InChI is InChI=1S/C31H32N2O4/c1-19(2)28-31(3,4)18-36-30(37-28)21-13-10-14-22(17-21)32-29(35)27(34)25-23-15-8-9-16-24(23)33-26(25)20-11-6-5-7-12-20/h5-17,19,28,30,33H,18H2,1-4H3,(H,32,35)/t28-,30+/m0/s1. The van der Waals surface area contributed by atoms with Crippen LogP contribution < -0.4 is 5.32 Å². The molecule has 6 heteroatoms. The van der Waals surface area contributed by atoms with E-state index >= 15 is 0 Å². The van der Waals surface area contributed by atoms with E-state index in [0.717, 1.165) is 16.6 Å². The minimum atomic E-state index is -0.703. The minimum Gasteiger partial charge on any atom is -0.354 e. The maximum absolute atomic E-state index is 13.5. The lowest BCUT2D eigenvalue weighted by Gasteiger charge is -2.44. The molecule has 2 atom stereocenters. The first-order valence-corrected chi connectivity index (χ1v) is 12.6. The van der Waals surface area contributed by atoms with Gasteiger partial charge in [-0.2, -0.15) is 0 Å². The molecule has 1 aliphatic heterocycles. The number of ketones is 1. The number of H-pyrrole nitrogens is 1. The number of rotatable bonds is 6. The van der Waals surface area contributed by atoms with E-state index in [1.807, 2.05) is 66.7 Å². The van der Waals surface area contributed by atoms with Crippen molar-refractivity contribution in [2.75, 3.05) is 11.9 Å². The molecule has 0 unspecified atom stereocenters. The number of hydrogen-bond acceptors (Lipinski definition) is 4. The van der Waals surface area contributed by atoms with Gasteiger partial charge in [0.2, 0.25) is 0 Å². The first-order chi connectivity index (χ1) is 17.7. The summed E-state index contributed by atoms with van der Waals surface area (Å²) >= 11 is 0. The van der Waals surface area contributed by atoms with Crippen molar-refractivity contribution in [1.82, 2.24) is 4.98 Å². The fraction of sp³-hybridized carbons (Fsp3) is 0.290. The average Bonchev–Trinajstić information content (AvgIpc) is 3.28. The molecule has 2 heterocycles. The summed E-state index contributed by atoms with van der Waals surface area (Å²) in [5, 5.41) is 3.50. The Kier molecular flexibility index (Phi) is 6.71. The molecular weight excluding hydrogens is 464 g/mol. The molecule has 37 heavy (non-hydrogen) atoms. The quantitative estimate of drug-likeness (QED) is 0.228. The number of carbonyl (C=O) groups is 2. The highest BCUT2D eigenvalue weighted by Crippen LogP contribution is 2.40. The molecule has 1 saturated heterocycles. The average molecular weight is 497 g/mol. The SMILES string of the molecule is CC(C)[C@@H]1O[C@H](c2cccc(NC(=O)C(=O)c3c(-c4ccccc4)[nH]c4ccccc34)c2)OCC1(C)C. The first-order valence-electron chi connectivity index (χ1n) is 12.6. The highest BCUT2D eigenvalue weighted by atomic mass is 16.7. The molecule has 0 saturated carbocycles. The Hall–Kier alpha value is -3.74. The first kappa shape index (κ1) is 24.9. The largest absolute Gasteiger partial charge is 0.354 e. The molecule has 5 rings (SSSR count). The fourth-order valence-electron chi connectivity index (χ4n) is 5.23. The van der Waals surface area contributed by atoms with Crippen LogP contribution in [0.4, 0.5) is 5.69 Å². The predicted octanol–water partition coefficient (Wildman–Crippen LogP) is 6.75. The number of para-hydroxylation sites is 1. The third kappa shape index (κ3) is 4.95. The van der Waals surface area contributed by atoms with Crippen LogP contribution in [-0.2, 0) is 14.3 Å². The van der Waals surface area contributed by atoms with Gasteiger partial charge in [0, 0.05) is 27.6 Å². The van der Waals surface area contributed by atoms with Crippen molar-refractivity contribution in [1.29, 1.82) is 0 Å². The summed E-state index contributed by atoms with van der Waals surface area (Å²) in [6, 6.07) is 24.4. The molecule has 0 radical (unpaired) electrons. The van der Waals surface area contributed by atoms with Gasteiger partial charge in [-0.05, 0) is 29.7 Å². The van der Waals surface area contributed by atoms with Gasteiger partial charge >= 0.3 is 0 Å². The number of nitrogens with one attached hydrogen (secondary N) is 2. The van der Waals surface area contributed by atoms with Gasteiger partial charge < -0.3 is 19.8 Å². The second-order valence-corrected chi connectivity index (χ2v) is 10.6. The van der Waals surface area contributed by atoms with E-state index in [1.165, 1.54) is 0 Å². The summed E-state index contributed by atoms with van der Waals surface area (Å²) < 4.78 is 12.4. The molecule has 0 aliphatic carbocycles. The molecule has 1 fully saturated rings. The molecule has 2 N–H and O–H groups in total. The third-order valence-corrected chi connectivity index (χ3v) is 6.87. The van der Waals surface area contributed by atoms with Crippen molar-refractivity contribution in [3.63, 3.8) is 0 Å². The summed E-state index contributed by atoms with van der Waals surface area (Å²) in [4.78, 5) is 30.0. The zero-order valence-corrected chi connectivity index (χ0v) is 21.6. The van der Waals surface area contributed by atoms with Crippen LogP contribution in [0.15, 0.2) is 78.9 Å². The van der Waals surface area contributed by atoms with Crippen LogP contribution in [0, 0.1) is 11.3 Å². The molecule has 3 aromatic carbocycles. The molecule has 1 aliphatic rings. The maximum atomic E-state index is 13.5. The Morgan fingerprint density at radius 3 is 2.46 bits per heavy atom. The molecular formula is C31H32N2O4. The number of carbonyl (C=O) groups excluding carboxylic acids is 2. The minimum absolute atomic E-state index is 0.0318. The zero-order valence-electron chi connectivity index (χ0n) is 21.6. The van der Waals surface area contributed by atoms with Gasteiger partial charge in [-0.1, -0.05) is 88.4 Å². The van der Waals surface area contributed by atoms with Crippen molar-refractivity contribution >= 4 is 28.3 Å². The van der Waals surface area contributed by atoms with Crippen molar-refractivity contribution in [2.45, 2.75) is 40.1 Å². The Morgan fingerprint density at radius 1 is 0.973 bits per heavy atom. The van der Waals surface area contributed by atoms with Crippen molar-refractivity contribution in [3.05, 3.63) is 90.0 Å². The van der Waals surface area contributed by atoms with Gasteiger partial charge in [0.05, 0.1) is 24.0 Å². The van der Waals surface area contributed by atoms with Gasteiger partial charge in [-0.25, -0.2) is 0 Å². The lowest BCUT2D eigenvalue weighted by atomic mass is 9.80. The van der Waals surface area contributed by atoms with Crippen LogP contribution in [0.25, 0.3) is 22.2 Å². The number of Topliss-reactive ketones (excluding diaryl/α,β-unsaturated/α-hetero) is 1. The predicted molar refractivity (Wildman–Crippen MR) is 145 cm³/mol. The summed E-state index contributed by atoms with van der Waals surface area (Å²) in [5.74, 6) is -0.976. The molecule has 6 nitrogen and oxygen atoms in total. The van der Waals surface area contributed by atoms with Crippen LogP contribution in [-0.4, -0.2) is 29.4 Å². The fourth-order valence-corrected chi connectivity index (χ4v) is 5.23. The molecule has 190 valence electrons. The number of aromatic nitrogens is 1. The molecule has 0 spiro atoms. The second-order valence-electron chi connectivity index (χ2n) is 10.6. The van der Waals surface area contributed by atoms with E-state index in [4.69, 9.17) is 9.47 Å². The number of ether oxygens (including phenoxy) is 2. The topological polar surface area (TPSA) is 80.4 Å². The Balaban J connectivity index is 1.40. The van der Waals surface area contributed by atoms with Gasteiger partial charge in [-0.3, -0.25) is 9.59 Å². The molecule has 1 amide bonds. The number of hydrogen-bond donors (Lipinski definition) is 2. The number of aromatic amines is 1. The van der Waals surface area contributed by atoms with Crippen LogP contribution >= 0.6 is 0 Å². The van der Waals surface area contributed by atoms with E-state index < -0.39 is 18.0 Å². The smallest absolute Gasteiger partial charge is 0.296 e. The number of benzene rings is 3. The maximum Gasteiger partial charge on any atom is 0.296 e. The Labute approximate surface area is 217 Å². The van der Waals surface area contributed by atoms with Gasteiger partial charge in [-0.15, -0.1) is 0 Å². The van der Waals surface area contributed by atoms with Crippen LogP contribution in [0.5, 0.6) is 0 Å². The lowest BCUT2D eigenvalue weighted by Crippen LogP contribution is -2.45. The van der Waals surface area contributed by atoms with Crippen LogP contribution in [0.1, 0.15) is 49.9 Å². The van der Waals surface area contributed by atoms with E-state index in [2.05, 4.69) is 38.0 Å². The third-order valence-electron chi connectivity index (χ3n) is 6.87. The van der Waals surface area contributed by atoms with Crippen molar-refractivity contribution in [2.24, 2.45) is 11.3 Å². The summed E-state index contributed by atoms with van der Waals surface area (Å²) in [6.45, 7) is 9.14. The highest BCUT2D eigenvalue weighted by molar-refractivity contribution is 6.49. The summed E-state index contributed by atoms with van der Waals surface area (Å²) in [5.41, 5.74) is 3.83. The zero-order chi connectivity index (χ0) is 26.2. The van der Waals surface area contributed by atoms with Crippen molar-refractivity contribution in [3.8, 4) is 11.3 Å². The van der Waals surface area contributed by atoms with Gasteiger partial charge in [0.25, 0.3) is 11.7 Å². The van der Waals surface area contributed by atoms with Gasteiger partial charge in [0.15, 0.2) is 6.29 Å². The Morgan fingerprint density at radius 2 is 1.70 bits per heavy atom. The summed E-state index contributed by atoms with van der Waals surface area (Å²) in [6.07, 6.45) is -0.504. The van der Waals surface area contributed by atoms with Gasteiger partial charge in [0.1, 0.15) is 0 Å². The number of anilines is 1. The van der Waals surface area contributed by atoms with E-state index in [1.54, 1.807) is 12.1 Å². The van der Waals surface area contributed by atoms with E-state index in [-0.39, 0.29) is 11.5 Å². The Bertz CT molecular complexity index is 1440. The normalized spacial score (nSPS) is 19.2. The van der Waals surface area contributed by atoms with Crippen LogP contribution in [0.2, 0.25) is 0 Å². The summed E-state index contributed by atoms with van der Waals surface area (Å²) in [7, 11) is 0. The molecule has 4 aromatic rings. The van der Waals surface area contributed by atoms with Crippen LogP contribution in [0.3, 0.4) is 0 Å². The lowest BCUT2D eigenvalue weighted by molar-refractivity contribution is -0.274. The molecule has 1 aromatic heterocycles. The van der Waals surface area contributed by atoms with E-state index in [9.17, 15) is 9.59 Å². The number of fused-ring (bicyclic) bond motifs is 1.